The standard InChI is InChI=1S/C28H28F3N7O3/c1-3-19-7-5-6-8-24(19)37(18-39)26(32-4-2)35-27(40)34-21-11-9-20(10-12-21)25-33-17-38(36-25)22-13-15-23(16-14-22)41-28(29,30)31/h5-18,26,32H,3-4H2,1-2H3,(H2,34,35,40). The molecule has 214 valence electrons. The van der Waals surface area contributed by atoms with Crippen molar-refractivity contribution in [2.24, 2.45) is 0 Å². The molecule has 3 N–H and O–H groups in total. The molecule has 10 nitrogen and oxygen atoms in total. The van der Waals surface area contributed by atoms with Gasteiger partial charge >= 0.3 is 12.4 Å². The van der Waals surface area contributed by atoms with E-state index < -0.39 is 18.7 Å². The lowest BCUT2D eigenvalue weighted by Crippen LogP contribution is -2.57. The minimum Gasteiger partial charge on any atom is -0.406 e. The van der Waals surface area contributed by atoms with E-state index in [0.29, 0.717) is 47.8 Å². The van der Waals surface area contributed by atoms with Crippen LogP contribution in [0.5, 0.6) is 5.75 Å². The fourth-order valence-corrected chi connectivity index (χ4v) is 4.04. The van der Waals surface area contributed by atoms with E-state index in [0.717, 1.165) is 5.56 Å². The smallest absolute Gasteiger partial charge is 0.406 e. The van der Waals surface area contributed by atoms with Crippen molar-refractivity contribution in [3.63, 3.8) is 0 Å². The van der Waals surface area contributed by atoms with Gasteiger partial charge in [0.05, 0.1) is 5.69 Å². The molecule has 4 rings (SSSR count). The van der Waals surface area contributed by atoms with Gasteiger partial charge in [-0.25, -0.2) is 14.5 Å². The second-order valence-electron chi connectivity index (χ2n) is 8.69. The number of carbonyl (C=O) groups is 2. The minimum atomic E-state index is -4.77. The first-order valence-electron chi connectivity index (χ1n) is 12.7. The Morgan fingerprint density at radius 2 is 1.76 bits per heavy atom. The Morgan fingerprint density at radius 1 is 1.05 bits per heavy atom. The van der Waals surface area contributed by atoms with Gasteiger partial charge < -0.3 is 15.4 Å². The summed E-state index contributed by atoms with van der Waals surface area (Å²) in [5.41, 5.74) is 3.30. The number of ether oxygens (including phenoxy) is 1. The summed E-state index contributed by atoms with van der Waals surface area (Å²) in [7, 11) is 0. The van der Waals surface area contributed by atoms with Crippen LogP contribution in [-0.2, 0) is 11.2 Å². The molecule has 0 aliphatic carbocycles. The maximum atomic E-state index is 12.8. The average Bonchev–Trinajstić information content (AvgIpc) is 3.44. The lowest BCUT2D eigenvalue weighted by Gasteiger charge is -2.31. The van der Waals surface area contributed by atoms with Gasteiger partial charge in [0.25, 0.3) is 0 Å². The Bertz CT molecular complexity index is 1460. The lowest BCUT2D eigenvalue weighted by atomic mass is 10.1. The molecule has 0 saturated carbocycles. The summed E-state index contributed by atoms with van der Waals surface area (Å²) in [4.78, 5) is 30.5. The van der Waals surface area contributed by atoms with Gasteiger partial charge in [0.15, 0.2) is 12.1 Å². The molecule has 1 aromatic heterocycles. The van der Waals surface area contributed by atoms with Crippen LogP contribution in [0.25, 0.3) is 17.1 Å². The average molecular weight is 568 g/mol. The number of alkyl halides is 3. The molecular weight excluding hydrogens is 539 g/mol. The van der Waals surface area contributed by atoms with Crippen LogP contribution in [0, 0.1) is 0 Å². The molecule has 4 aromatic rings. The number of benzene rings is 3. The fourth-order valence-electron chi connectivity index (χ4n) is 4.04. The van der Waals surface area contributed by atoms with Crippen molar-refractivity contribution in [3.05, 3.63) is 84.7 Å². The number of aryl methyl sites for hydroxylation is 1. The van der Waals surface area contributed by atoms with E-state index in [1.54, 1.807) is 24.3 Å². The molecule has 0 fully saturated rings. The molecule has 0 saturated heterocycles. The predicted molar refractivity (Wildman–Crippen MR) is 147 cm³/mol. The molecule has 1 atom stereocenters. The molecule has 0 spiro atoms. The molecule has 0 bridgehead atoms. The lowest BCUT2D eigenvalue weighted by molar-refractivity contribution is -0.274. The molecular formula is C28H28F3N7O3. The van der Waals surface area contributed by atoms with Gasteiger partial charge in [-0.1, -0.05) is 32.0 Å². The Balaban J connectivity index is 1.40. The van der Waals surface area contributed by atoms with E-state index in [-0.39, 0.29) is 5.75 Å². The maximum Gasteiger partial charge on any atom is 0.573 e. The summed E-state index contributed by atoms with van der Waals surface area (Å²) < 4.78 is 42.5. The predicted octanol–water partition coefficient (Wildman–Crippen LogP) is 5.07. The summed E-state index contributed by atoms with van der Waals surface area (Å²) in [6.45, 7) is 4.36. The van der Waals surface area contributed by atoms with Crippen molar-refractivity contribution in [1.82, 2.24) is 25.4 Å². The van der Waals surface area contributed by atoms with Crippen LogP contribution >= 0.6 is 0 Å². The number of carbonyl (C=O) groups excluding carboxylic acids is 2. The molecule has 0 aliphatic heterocycles. The van der Waals surface area contributed by atoms with Gasteiger partial charge in [0, 0.05) is 16.9 Å². The van der Waals surface area contributed by atoms with Crippen molar-refractivity contribution in [2.45, 2.75) is 32.9 Å². The van der Waals surface area contributed by atoms with Crippen LogP contribution in [0.15, 0.2) is 79.1 Å². The zero-order valence-electron chi connectivity index (χ0n) is 22.2. The number of nitrogens with one attached hydrogen (secondary N) is 3. The summed E-state index contributed by atoms with van der Waals surface area (Å²) in [6.07, 6.45) is -2.73. The second kappa shape index (κ2) is 13.0. The molecule has 3 amide bonds. The van der Waals surface area contributed by atoms with Crippen LogP contribution in [0.4, 0.5) is 29.3 Å². The van der Waals surface area contributed by atoms with Crippen molar-refractivity contribution in [1.29, 1.82) is 0 Å². The summed E-state index contributed by atoms with van der Waals surface area (Å²) in [6, 6.07) is 19.0. The summed E-state index contributed by atoms with van der Waals surface area (Å²) in [5, 5.41) is 13.0. The number of hydrogen-bond acceptors (Lipinski definition) is 6. The summed E-state index contributed by atoms with van der Waals surface area (Å²) >= 11 is 0. The van der Waals surface area contributed by atoms with E-state index in [2.05, 4.69) is 30.8 Å². The summed E-state index contributed by atoms with van der Waals surface area (Å²) in [5.74, 6) is 0.0372. The SMILES string of the molecule is CCNC(NC(=O)Nc1ccc(-c2ncn(-c3ccc(OC(F)(F)F)cc3)n2)cc1)N(C=O)c1ccccc1CC. The maximum absolute atomic E-state index is 12.8. The largest absolute Gasteiger partial charge is 0.573 e. The normalized spacial score (nSPS) is 11.9. The highest BCUT2D eigenvalue weighted by Gasteiger charge is 2.31. The Hall–Kier alpha value is -4.91. The van der Waals surface area contributed by atoms with Gasteiger partial charge in [-0.15, -0.1) is 18.3 Å². The fraction of sp³-hybridized carbons (Fsp3) is 0.214. The van der Waals surface area contributed by atoms with Crippen LogP contribution in [0.3, 0.4) is 0 Å². The third-order valence-corrected chi connectivity index (χ3v) is 5.94. The van der Waals surface area contributed by atoms with Crippen molar-refractivity contribution in [3.8, 4) is 22.8 Å². The third kappa shape index (κ3) is 7.60. The van der Waals surface area contributed by atoms with E-state index in [1.807, 2.05) is 38.1 Å². The van der Waals surface area contributed by atoms with Crippen molar-refractivity contribution in [2.75, 3.05) is 16.8 Å². The van der Waals surface area contributed by atoms with Gasteiger partial charge in [-0.05, 0) is 73.1 Å². The van der Waals surface area contributed by atoms with Crippen molar-refractivity contribution >= 4 is 23.8 Å². The molecule has 3 aromatic carbocycles. The molecule has 1 unspecified atom stereocenters. The number of para-hydroxylation sites is 1. The zero-order chi connectivity index (χ0) is 29.4. The molecule has 1 heterocycles. The zero-order valence-corrected chi connectivity index (χ0v) is 22.2. The van der Waals surface area contributed by atoms with E-state index >= 15 is 0 Å². The first-order valence-corrected chi connectivity index (χ1v) is 12.7. The van der Waals surface area contributed by atoms with Crippen molar-refractivity contribution < 1.29 is 27.5 Å². The van der Waals surface area contributed by atoms with Gasteiger partial charge in [-0.2, -0.15) is 0 Å². The number of urea groups is 1. The van der Waals surface area contributed by atoms with Crippen LogP contribution in [0.2, 0.25) is 0 Å². The number of hydrogen-bond donors (Lipinski definition) is 3. The monoisotopic (exact) mass is 567 g/mol. The number of aromatic nitrogens is 3. The Morgan fingerprint density at radius 3 is 2.39 bits per heavy atom. The Labute approximate surface area is 234 Å². The third-order valence-electron chi connectivity index (χ3n) is 5.94. The number of amides is 3. The highest BCUT2D eigenvalue weighted by atomic mass is 19.4. The highest BCUT2D eigenvalue weighted by molar-refractivity contribution is 5.90. The Kier molecular flexibility index (Phi) is 9.19. The second-order valence-corrected chi connectivity index (χ2v) is 8.69. The first-order chi connectivity index (χ1) is 19.7. The van der Waals surface area contributed by atoms with Crippen LogP contribution in [-0.4, -0.2) is 46.4 Å². The molecule has 13 heteroatoms. The quantitative estimate of drug-likeness (QED) is 0.172. The number of anilines is 2. The highest BCUT2D eigenvalue weighted by Crippen LogP contribution is 2.25. The molecule has 0 radical (unpaired) electrons. The van der Waals surface area contributed by atoms with E-state index in [9.17, 15) is 22.8 Å². The van der Waals surface area contributed by atoms with E-state index in [4.69, 9.17) is 0 Å². The first kappa shape index (κ1) is 29.1. The minimum absolute atomic E-state index is 0.338. The van der Waals surface area contributed by atoms with E-state index in [1.165, 1.54) is 40.2 Å². The topological polar surface area (TPSA) is 113 Å². The van der Waals surface area contributed by atoms with Crippen LogP contribution < -0.4 is 25.6 Å². The van der Waals surface area contributed by atoms with Crippen LogP contribution in [0.1, 0.15) is 19.4 Å². The van der Waals surface area contributed by atoms with Gasteiger partial charge in [0.1, 0.15) is 12.1 Å². The number of nitrogens with zero attached hydrogens (tertiary/aromatic N) is 4. The van der Waals surface area contributed by atoms with Gasteiger partial charge in [0.2, 0.25) is 6.41 Å². The molecule has 0 aliphatic rings. The number of rotatable bonds is 11. The van der Waals surface area contributed by atoms with Gasteiger partial charge in [-0.3, -0.25) is 15.0 Å². The number of halogens is 3. The molecule has 41 heavy (non-hydrogen) atoms.